The van der Waals surface area contributed by atoms with Gasteiger partial charge in [0, 0.05) is 0 Å². The van der Waals surface area contributed by atoms with E-state index in [1.165, 1.54) is 0 Å². The highest BCUT2D eigenvalue weighted by molar-refractivity contribution is 7.86. The molecule has 8 nitrogen and oxygen atoms in total. The van der Waals surface area contributed by atoms with Gasteiger partial charge in [-0.2, -0.15) is 16.8 Å². The predicted octanol–water partition coefficient (Wildman–Crippen LogP) is 3.35. The zero-order valence-electron chi connectivity index (χ0n) is 17.3. The summed E-state index contributed by atoms with van der Waals surface area (Å²) in [6.07, 6.45) is 1.15. The fraction of sp³-hybridized carbons (Fsp3) is 0.429. The quantitative estimate of drug-likeness (QED) is 0.336. The zero-order chi connectivity index (χ0) is 22.9. The molecule has 0 bridgehead atoms. The standard InChI is InChI=1S/C21H28O8S2/c1-17(19-7-3-9-21(16-19)29-11-5-13-31(25,26)27)14-18-6-2-8-20(15-18)28-10-4-12-30(22,23)24/h2-3,6-9,15-17H,4-5,10-14H2,1H3,(H,22,23,24)(H,25,26,27). The molecule has 2 N–H and O–H groups in total. The van der Waals surface area contributed by atoms with Crippen LogP contribution in [0, 0.1) is 0 Å². The molecule has 2 aromatic rings. The summed E-state index contributed by atoms with van der Waals surface area (Å²) >= 11 is 0. The molecule has 0 spiro atoms. The molecule has 0 aliphatic carbocycles. The van der Waals surface area contributed by atoms with Gasteiger partial charge in [0.15, 0.2) is 0 Å². The highest BCUT2D eigenvalue weighted by atomic mass is 32.2. The van der Waals surface area contributed by atoms with Gasteiger partial charge in [-0.25, -0.2) is 0 Å². The lowest BCUT2D eigenvalue weighted by atomic mass is 9.93. The van der Waals surface area contributed by atoms with E-state index in [0.717, 1.165) is 17.5 Å². The van der Waals surface area contributed by atoms with Crippen molar-refractivity contribution in [3.63, 3.8) is 0 Å². The van der Waals surface area contributed by atoms with Crippen LogP contribution in [-0.4, -0.2) is 50.7 Å². The summed E-state index contributed by atoms with van der Waals surface area (Å²) in [5.41, 5.74) is 2.12. The Labute approximate surface area is 183 Å². The van der Waals surface area contributed by atoms with Crippen molar-refractivity contribution in [2.24, 2.45) is 0 Å². The highest BCUT2D eigenvalue weighted by Gasteiger charge is 2.10. The molecular weight excluding hydrogens is 444 g/mol. The van der Waals surface area contributed by atoms with E-state index in [4.69, 9.17) is 18.6 Å². The van der Waals surface area contributed by atoms with E-state index >= 15 is 0 Å². The van der Waals surface area contributed by atoms with E-state index in [1.807, 2.05) is 36.4 Å². The van der Waals surface area contributed by atoms with Crippen LogP contribution in [0.3, 0.4) is 0 Å². The van der Waals surface area contributed by atoms with Crippen molar-refractivity contribution >= 4 is 20.2 Å². The Morgan fingerprint density at radius 1 is 0.806 bits per heavy atom. The van der Waals surface area contributed by atoms with Crippen molar-refractivity contribution < 1.29 is 35.4 Å². The van der Waals surface area contributed by atoms with E-state index in [0.29, 0.717) is 11.5 Å². The summed E-state index contributed by atoms with van der Waals surface area (Å²) in [7, 11) is -7.96. The maximum atomic E-state index is 10.8. The second-order valence-electron chi connectivity index (χ2n) is 7.30. The molecule has 0 radical (unpaired) electrons. The number of ether oxygens (including phenoxy) is 2. The number of rotatable bonds is 13. The first-order chi connectivity index (χ1) is 14.5. The van der Waals surface area contributed by atoms with Gasteiger partial charge >= 0.3 is 0 Å². The van der Waals surface area contributed by atoms with Crippen molar-refractivity contribution in [3.8, 4) is 11.5 Å². The lowest BCUT2D eigenvalue weighted by Crippen LogP contribution is -2.09. The smallest absolute Gasteiger partial charge is 0.264 e. The molecule has 31 heavy (non-hydrogen) atoms. The fourth-order valence-corrected chi connectivity index (χ4v) is 3.97. The third kappa shape index (κ3) is 10.6. The Morgan fingerprint density at radius 3 is 1.87 bits per heavy atom. The number of hydrogen-bond donors (Lipinski definition) is 2. The van der Waals surface area contributed by atoms with Crippen LogP contribution in [0.2, 0.25) is 0 Å². The molecule has 0 saturated heterocycles. The molecule has 2 aromatic carbocycles. The third-order valence-corrected chi connectivity index (χ3v) is 6.11. The van der Waals surface area contributed by atoms with Gasteiger partial charge in [-0.05, 0) is 60.6 Å². The van der Waals surface area contributed by atoms with E-state index in [2.05, 4.69) is 6.92 Å². The van der Waals surface area contributed by atoms with Crippen molar-refractivity contribution in [1.82, 2.24) is 0 Å². The van der Waals surface area contributed by atoms with E-state index < -0.39 is 20.2 Å². The lowest BCUT2D eigenvalue weighted by molar-refractivity contribution is 0.315. The van der Waals surface area contributed by atoms with Crippen LogP contribution < -0.4 is 9.47 Å². The van der Waals surface area contributed by atoms with Gasteiger partial charge < -0.3 is 9.47 Å². The van der Waals surface area contributed by atoms with E-state index in [1.54, 1.807) is 12.1 Å². The fourth-order valence-electron chi connectivity index (χ4n) is 3.01. The molecule has 0 aromatic heterocycles. The van der Waals surface area contributed by atoms with Crippen LogP contribution in [-0.2, 0) is 26.7 Å². The second-order valence-corrected chi connectivity index (χ2v) is 10.4. The SMILES string of the molecule is CC(Cc1cccc(OCCCS(=O)(=O)O)c1)c1cccc(OCCCS(=O)(=O)O)c1. The van der Waals surface area contributed by atoms with Crippen LogP contribution in [0.15, 0.2) is 48.5 Å². The van der Waals surface area contributed by atoms with Crippen LogP contribution >= 0.6 is 0 Å². The monoisotopic (exact) mass is 472 g/mol. The molecule has 1 unspecified atom stereocenters. The van der Waals surface area contributed by atoms with Crippen molar-refractivity contribution in [1.29, 1.82) is 0 Å². The molecule has 10 heteroatoms. The molecule has 0 amide bonds. The van der Waals surface area contributed by atoms with Gasteiger partial charge in [-0.3, -0.25) is 9.11 Å². The molecular formula is C21H28O8S2. The zero-order valence-corrected chi connectivity index (χ0v) is 18.9. The lowest BCUT2D eigenvalue weighted by Gasteiger charge is -2.15. The maximum absolute atomic E-state index is 10.8. The summed E-state index contributed by atoms with van der Waals surface area (Å²) in [6.45, 7) is 2.46. The molecule has 1 atom stereocenters. The van der Waals surface area contributed by atoms with E-state index in [9.17, 15) is 16.8 Å². The highest BCUT2D eigenvalue weighted by Crippen LogP contribution is 2.25. The van der Waals surface area contributed by atoms with Crippen molar-refractivity contribution in [3.05, 3.63) is 59.7 Å². The van der Waals surface area contributed by atoms with Crippen LogP contribution in [0.25, 0.3) is 0 Å². The molecule has 172 valence electrons. The summed E-state index contributed by atoms with van der Waals surface area (Å²) in [6, 6.07) is 15.1. The minimum absolute atomic E-state index is 0.177. The van der Waals surface area contributed by atoms with Crippen molar-refractivity contribution in [2.75, 3.05) is 24.7 Å². The first-order valence-electron chi connectivity index (χ1n) is 9.87. The van der Waals surface area contributed by atoms with Gasteiger partial charge in [-0.15, -0.1) is 0 Å². The van der Waals surface area contributed by atoms with Gasteiger partial charge in [0.05, 0.1) is 24.7 Å². The largest absolute Gasteiger partial charge is 0.494 e. The van der Waals surface area contributed by atoms with Crippen molar-refractivity contribution in [2.45, 2.75) is 32.1 Å². The van der Waals surface area contributed by atoms with Crippen LogP contribution in [0.5, 0.6) is 11.5 Å². The molecule has 0 aliphatic rings. The van der Waals surface area contributed by atoms with Gasteiger partial charge in [-0.1, -0.05) is 31.2 Å². The first kappa shape index (κ1) is 25.1. The Bertz CT molecular complexity index is 1050. The van der Waals surface area contributed by atoms with Gasteiger partial charge in [0.2, 0.25) is 0 Å². The molecule has 0 saturated carbocycles. The Balaban J connectivity index is 1.89. The molecule has 0 fully saturated rings. The number of hydrogen-bond acceptors (Lipinski definition) is 6. The average Bonchev–Trinajstić information content (AvgIpc) is 2.68. The third-order valence-electron chi connectivity index (χ3n) is 4.50. The Kier molecular flexibility index (Phi) is 9.30. The van der Waals surface area contributed by atoms with Gasteiger partial charge in [0.1, 0.15) is 11.5 Å². The normalized spacial score (nSPS) is 13.0. The minimum Gasteiger partial charge on any atom is -0.494 e. The Hall–Kier alpha value is -2.14. The molecule has 0 heterocycles. The molecule has 0 aliphatic heterocycles. The van der Waals surface area contributed by atoms with E-state index in [-0.39, 0.29) is 43.5 Å². The maximum Gasteiger partial charge on any atom is 0.264 e. The molecule has 2 rings (SSSR count). The summed E-state index contributed by atoms with van der Waals surface area (Å²) < 4.78 is 71.7. The average molecular weight is 473 g/mol. The van der Waals surface area contributed by atoms with Gasteiger partial charge in [0.25, 0.3) is 20.2 Å². The van der Waals surface area contributed by atoms with Crippen LogP contribution in [0.1, 0.15) is 36.8 Å². The topological polar surface area (TPSA) is 127 Å². The number of benzene rings is 2. The minimum atomic E-state index is -3.98. The summed E-state index contributed by atoms with van der Waals surface area (Å²) in [5, 5.41) is 0. The first-order valence-corrected chi connectivity index (χ1v) is 13.1. The second kappa shape index (κ2) is 11.5. The Morgan fingerprint density at radius 2 is 1.32 bits per heavy atom. The predicted molar refractivity (Wildman–Crippen MR) is 118 cm³/mol. The van der Waals surface area contributed by atoms with Crippen LogP contribution in [0.4, 0.5) is 0 Å². The summed E-state index contributed by atoms with van der Waals surface area (Å²) in [4.78, 5) is 0. The summed E-state index contributed by atoms with van der Waals surface area (Å²) in [5.74, 6) is 0.776.